The molecule has 0 bridgehead atoms. The largest absolute Gasteiger partial charge is 0.383 e. The van der Waals surface area contributed by atoms with Crippen LogP contribution in [0.4, 0.5) is 0 Å². The van der Waals surface area contributed by atoms with E-state index >= 15 is 0 Å². The fourth-order valence-corrected chi connectivity index (χ4v) is 1.87. The molecule has 0 aromatic heterocycles. The molecule has 19 heavy (non-hydrogen) atoms. The van der Waals surface area contributed by atoms with Crippen LogP contribution in [0.15, 0.2) is 18.2 Å². The Morgan fingerprint density at radius 3 is 2.21 bits per heavy atom. The van der Waals surface area contributed by atoms with E-state index in [1.165, 1.54) is 0 Å². The van der Waals surface area contributed by atoms with Gasteiger partial charge in [0.05, 0.1) is 13.2 Å². The first kappa shape index (κ1) is 15.7. The van der Waals surface area contributed by atoms with Crippen LogP contribution in [-0.4, -0.2) is 51.3 Å². The van der Waals surface area contributed by atoms with E-state index in [4.69, 9.17) is 9.47 Å². The molecular formula is C15H23NO3. The molecule has 4 heteroatoms. The summed E-state index contributed by atoms with van der Waals surface area (Å²) in [5.74, 6) is 0.0373. The maximum Gasteiger partial charge on any atom is 0.254 e. The van der Waals surface area contributed by atoms with Crippen LogP contribution in [0.3, 0.4) is 0 Å². The second kappa shape index (κ2) is 7.92. The lowest BCUT2D eigenvalue weighted by atomic mass is 10.0. The Kier molecular flexibility index (Phi) is 6.53. The van der Waals surface area contributed by atoms with Gasteiger partial charge in [0.25, 0.3) is 5.91 Å². The van der Waals surface area contributed by atoms with Crippen molar-refractivity contribution in [3.8, 4) is 0 Å². The normalized spacial score (nSPS) is 10.5. The van der Waals surface area contributed by atoms with E-state index in [0.717, 1.165) is 16.7 Å². The Hall–Kier alpha value is -1.39. The molecule has 1 amide bonds. The van der Waals surface area contributed by atoms with Crippen LogP contribution in [0, 0.1) is 13.8 Å². The number of rotatable bonds is 7. The van der Waals surface area contributed by atoms with Crippen molar-refractivity contribution < 1.29 is 14.3 Å². The van der Waals surface area contributed by atoms with Gasteiger partial charge in [0.1, 0.15) is 0 Å². The summed E-state index contributed by atoms with van der Waals surface area (Å²) in [4.78, 5) is 14.3. The molecule has 0 aliphatic heterocycles. The summed E-state index contributed by atoms with van der Waals surface area (Å²) >= 11 is 0. The standard InChI is InChI=1S/C15H23NO3/c1-12-6-5-7-14(13(12)2)15(17)16(8-10-18-3)9-11-19-4/h5-7H,8-11H2,1-4H3. The molecule has 1 rings (SSSR count). The quantitative estimate of drug-likeness (QED) is 0.757. The van der Waals surface area contributed by atoms with Crippen molar-refractivity contribution in [1.82, 2.24) is 4.90 Å². The van der Waals surface area contributed by atoms with Gasteiger partial charge in [-0.25, -0.2) is 0 Å². The molecule has 0 N–H and O–H groups in total. The van der Waals surface area contributed by atoms with Crippen LogP contribution in [0.1, 0.15) is 21.5 Å². The first-order chi connectivity index (χ1) is 9.11. The summed E-state index contributed by atoms with van der Waals surface area (Å²) in [6.45, 7) is 6.20. The van der Waals surface area contributed by atoms with Crippen molar-refractivity contribution in [3.05, 3.63) is 34.9 Å². The molecule has 0 aliphatic rings. The molecule has 4 nitrogen and oxygen atoms in total. The van der Waals surface area contributed by atoms with Gasteiger partial charge < -0.3 is 14.4 Å². The molecule has 0 atom stereocenters. The zero-order chi connectivity index (χ0) is 14.3. The van der Waals surface area contributed by atoms with E-state index in [2.05, 4.69) is 0 Å². The fourth-order valence-electron chi connectivity index (χ4n) is 1.87. The summed E-state index contributed by atoms with van der Waals surface area (Å²) in [7, 11) is 3.27. The third-order valence-electron chi connectivity index (χ3n) is 3.25. The number of aryl methyl sites for hydroxylation is 1. The molecule has 0 saturated heterocycles. The van der Waals surface area contributed by atoms with Crippen LogP contribution >= 0.6 is 0 Å². The van der Waals surface area contributed by atoms with Gasteiger partial charge in [-0.05, 0) is 31.0 Å². The molecule has 0 heterocycles. The molecule has 1 aromatic rings. The van der Waals surface area contributed by atoms with Crippen LogP contribution < -0.4 is 0 Å². The van der Waals surface area contributed by atoms with E-state index in [0.29, 0.717) is 26.3 Å². The van der Waals surface area contributed by atoms with E-state index in [1.807, 2.05) is 32.0 Å². The van der Waals surface area contributed by atoms with Crippen LogP contribution in [0.5, 0.6) is 0 Å². The van der Waals surface area contributed by atoms with Gasteiger partial charge in [0.2, 0.25) is 0 Å². The monoisotopic (exact) mass is 265 g/mol. The van der Waals surface area contributed by atoms with E-state index in [-0.39, 0.29) is 5.91 Å². The first-order valence-corrected chi connectivity index (χ1v) is 6.45. The maximum absolute atomic E-state index is 12.5. The second-order valence-corrected chi connectivity index (χ2v) is 4.53. The third-order valence-corrected chi connectivity index (χ3v) is 3.25. The maximum atomic E-state index is 12.5. The number of hydrogen-bond donors (Lipinski definition) is 0. The Bertz CT molecular complexity index is 410. The molecular weight excluding hydrogens is 242 g/mol. The van der Waals surface area contributed by atoms with Gasteiger partial charge in [-0.3, -0.25) is 4.79 Å². The fraction of sp³-hybridized carbons (Fsp3) is 0.533. The van der Waals surface area contributed by atoms with Crippen molar-refractivity contribution in [2.75, 3.05) is 40.5 Å². The number of benzene rings is 1. The smallest absolute Gasteiger partial charge is 0.254 e. The summed E-state index contributed by atoms with van der Waals surface area (Å²) in [6.07, 6.45) is 0. The Morgan fingerprint density at radius 1 is 1.11 bits per heavy atom. The zero-order valence-corrected chi connectivity index (χ0v) is 12.2. The molecule has 0 radical (unpaired) electrons. The Labute approximate surface area is 115 Å². The molecule has 106 valence electrons. The predicted molar refractivity (Wildman–Crippen MR) is 75.6 cm³/mol. The summed E-state index contributed by atoms with van der Waals surface area (Å²) in [5, 5.41) is 0. The molecule has 0 saturated carbocycles. The van der Waals surface area contributed by atoms with E-state index < -0.39 is 0 Å². The third kappa shape index (κ3) is 4.33. The van der Waals surface area contributed by atoms with Gasteiger partial charge in [-0.15, -0.1) is 0 Å². The number of carbonyl (C=O) groups is 1. The van der Waals surface area contributed by atoms with Gasteiger partial charge in [0, 0.05) is 32.9 Å². The summed E-state index contributed by atoms with van der Waals surface area (Å²) < 4.78 is 10.1. The minimum absolute atomic E-state index is 0.0373. The number of hydrogen-bond acceptors (Lipinski definition) is 3. The highest BCUT2D eigenvalue weighted by Gasteiger charge is 2.17. The lowest BCUT2D eigenvalue weighted by Crippen LogP contribution is -2.36. The summed E-state index contributed by atoms with van der Waals surface area (Å²) in [5.41, 5.74) is 2.92. The van der Waals surface area contributed by atoms with Crippen LogP contribution in [0.2, 0.25) is 0 Å². The minimum Gasteiger partial charge on any atom is -0.383 e. The molecule has 0 fully saturated rings. The summed E-state index contributed by atoms with van der Waals surface area (Å²) in [6, 6.07) is 5.80. The van der Waals surface area contributed by atoms with Gasteiger partial charge >= 0.3 is 0 Å². The van der Waals surface area contributed by atoms with E-state index in [1.54, 1.807) is 19.1 Å². The number of carbonyl (C=O) groups excluding carboxylic acids is 1. The van der Waals surface area contributed by atoms with Gasteiger partial charge in [0.15, 0.2) is 0 Å². The topological polar surface area (TPSA) is 38.8 Å². The highest BCUT2D eigenvalue weighted by atomic mass is 16.5. The lowest BCUT2D eigenvalue weighted by molar-refractivity contribution is 0.0626. The number of amides is 1. The number of nitrogens with zero attached hydrogens (tertiary/aromatic N) is 1. The molecule has 0 aliphatic carbocycles. The van der Waals surface area contributed by atoms with Crippen molar-refractivity contribution in [2.24, 2.45) is 0 Å². The highest BCUT2D eigenvalue weighted by molar-refractivity contribution is 5.96. The van der Waals surface area contributed by atoms with Crippen molar-refractivity contribution in [1.29, 1.82) is 0 Å². The van der Waals surface area contributed by atoms with Gasteiger partial charge in [-0.2, -0.15) is 0 Å². The second-order valence-electron chi connectivity index (χ2n) is 4.53. The minimum atomic E-state index is 0.0373. The van der Waals surface area contributed by atoms with Gasteiger partial charge in [-0.1, -0.05) is 12.1 Å². The SMILES string of the molecule is COCCN(CCOC)C(=O)c1cccc(C)c1C. The van der Waals surface area contributed by atoms with Crippen LogP contribution in [0.25, 0.3) is 0 Å². The van der Waals surface area contributed by atoms with Crippen molar-refractivity contribution >= 4 is 5.91 Å². The average Bonchev–Trinajstić information content (AvgIpc) is 2.41. The Morgan fingerprint density at radius 2 is 1.68 bits per heavy atom. The number of methoxy groups -OCH3 is 2. The zero-order valence-electron chi connectivity index (χ0n) is 12.2. The molecule has 0 spiro atoms. The van der Waals surface area contributed by atoms with Crippen LogP contribution in [-0.2, 0) is 9.47 Å². The molecule has 0 unspecified atom stereocenters. The average molecular weight is 265 g/mol. The predicted octanol–water partition coefficient (Wildman–Crippen LogP) is 2.04. The van der Waals surface area contributed by atoms with Crippen molar-refractivity contribution in [2.45, 2.75) is 13.8 Å². The lowest BCUT2D eigenvalue weighted by Gasteiger charge is -2.23. The van der Waals surface area contributed by atoms with Crippen molar-refractivity contribution in [3.63, 3.8) is 0 Å². The Balaban J connectivity index is 2.87. The molecule has 1 aromatic carbocycles. The highest BCUT2D eigenvalue weighted by Crippen LogP contribution is 2.15. The first-order valence-electron chi connectivity index (χ1n) is 6.45. The number of ether oxygens (including phenoxy) is 2. The van der Waals surface area contributed by atoms with E-state index in [9.17, 15) is 4.79 Å².